The van der Waals surface area contributed by atoms with Crippen LogP contribution < -0.4 is 10.2 Å². The fourth-order valence-electron chi connectivity index (χ4n) is 3.59. The molecule has 8 heteroatoms. The van der Waals surface area contributed by atoms with E-state index in [9.17, 15) is 4.79 Å². The molecule has 5 rings (SSSR count). The molecule has 1 aliphatic heterocycles. The Bertz CT molecular complexity index is 1120. The molecule has 0 aliphatic carbocycles. The summed E-state index contributed by atoms with van der Waals surface area (Å²) in [7, 11) is 0. The van der Waals surface area contributed by atoms with Crippen LogP contribution in [0.2, 0.25) is 0 Å². The van der Waals surface area contributed by atoms with Gasteiger partial charge in [0.2, 0.25) is 5.82 Å². The lowest BCUT2D eigenvalue weighted by atomic mass is 10.2. The average molecular weight is 373 g/mol. The maximum atomic E-state index is 12.6. The molecule has 1 amide bonds. The molecule has 0 spiro atoms. The number of para-hydroxylation sites is 1. The number of benzene rings is 1. The third kappa shape index (κ3) is 2.98. The summed E-state index contributed by atoms with van der Waals surface area (Å²) in [5, 5.41) is 7.35. The first kappa shape index (κ1) is 16.5. The molecule has 8 nitrogen and oxygen atoms in total. The van der Waals surface area contributed by atoms with E-state index in [1.54, 1.807) is 17.2 Å². The molecule has 0 bridgehead atoms. The molecule has 1 aromatic carbocycles. The Morgan fingerprint density at radius 2 is 1.96 bits per heavy atom. The van der Waals surface area contributed by atoms with E-state index < -0.39 is 0 Å². The van der Waals surface area contributed by atoms with Crippen LogP contribution in [0.25, 0.3) is 11.2 Å². The second-order valence-corrected chi connectivity index (χ2v) is 6.80. The number of carbonyl (C=O) groups excluding carboxylic acids is 1. The summed E-state index contributed by atoms with van der Waals surface area (Å²) in [5.41, 5.74) is 1.94. The Morgan fingerprint density at radius 1 is 1.07 bits per heavy atom. The van der Waals surface area contributed by atoms with E-state index >= 15 is 0 Å². The molecule has 28 heavy (non-hydrogen) atoms. The van der Waals surface area contributed by atoms with Crippen molar-refractivity contribution in [3.05, 3.63) is 73.2 Å². The molecule has 1 fully saturated rings. The van der Waals surface area contributed by atoms with Crippen LogP contribution in [-0.2, 0) is 0 Å². The second-order valence-electron chi connectivity index (χ2n) is 6.80. The first-order valence-corrected chi connectivity index (χ1v) is 9.22. The molecule has 1 aliphatic rings. The van der Waals surface area contributed by atoms with E-state index in [0.717, 1.165) is 30.0 Å². The van der Waals surface area contributed by atoms with Crippen LogP contribution in [0, 0.1) is 0 Å². The van der Waals surface area contributed by atoms with Gasteiger partial charge in [-0.25, -0.2) is 14.6 Å². The van der Waals surface area contributed by atoms with Crippen molar-refractivity contribution in [3.63, 3.8) is 0 Å². The van der Waals surface area contributed by atoms with Crippen molar-refractivity contribution in [2.24, 2.45) is 0 Å². The Morgan fingerprint density at radius 3 is 2.86 bits per heavy atom. The van der Waals surface area contributed by atoms with Crippen LogP contribution in [-0.4, -0.2) is 49.2 Å². The van der Waals surface area contributed by atoms with Gasteiger partial charge in [-0.2, -0.15) is 0 Å². The summed E-state index contributed by atoms with van der Waals surface area (Å²) < 4.78 is 3.65. The third-order valence-corrected chi connectivity index (χ3v) is 4.97. The molecule has 0 saturated carbocycles. The number of carbonyl (C=O) groups is 1. The van der Waals surface area contributed by atoms with Gasteiger partial charge < -0.3 is 14.6 Å². The van der Waals surface area contributed by atoms with Gasteiger partial charge >= 0.3 is 0 Å². The van der Waals surface area contributed by atoms with Gasteiger partial charge in [0.25, 0.3) is 5.91 Å². The summed E-state index contributed by atoms with van der Waals surface area (Å²) >= 11 is 0. The van der Waals surface area contributed by atoms with Gasteiger partial charge in [-0.1, -0.05) is 18.2 Å². The molecule has 3 aromatic heterocycles. The molecule has 0 unspecified atom stereocenters. The number of nitrogens with zero attached hydrogens (tertiary/aromatic N) is 6. The molecule has 0 radical (unpaired) electrons. The lowest BCUT2D eigenvalue weighted by molar-refractivity contribution is 0.0930. The highest BCUT2D eigenvalue weighted by atomic mass is 16.2. The molecular formula is C20H19N7O. The monoisotopic (exact) mass is 373 g/mol. The minimum Gasteiger partial charge on any atom is -0.353 e. The smallest absolute Gasteiger partial charge is 0.291 e. The van der Waals surface area contributed by atoms with E-state index in [1.807, 2.05) is 59.3 Å². The Kier molecular flexibility index (Phi) is 4.01. The molecule has 140 valence electrons. The number of rotatable bonds is 4. The van der Waals surface area contributed by atoms with Gasteiger partial charge in [-0.15, -0.1) is 5.10 Å². The second kappa shape index (κ2) is 6.80. The predicted octanol–water partition coefficient (Wildman–Crippen LogP) is 1.92. The molecule has 1 saturated heterocycles. The zero-order valence-electron chi connectivity index (χ0n) is 15.1. The van der Waals surface area contributed by atoms with Crippen LogP contribution in [0.1, 0.15) is 17.0 Å². The van der Waals surface area contributed by atoms with Gasteiger partial charge in [0.15, 0.2) is 5.82 Å². The minimum absolute atomic E-state index is 0.0354. The van der Waals surface area contributed by atoms with Crippen molar-refractivity contribution >= 4 is 17.2 Å². The van der Waals surface area contributed by atoms with Gasteiger partial charge in [-0.05, 0) is 30.7 Å². The molecule has 1 atom stereocenters. The Labute approximate surface area is 161 Å². The van der Waals surface area contributed by atoms with E-state index in [1.165, 1.54) is 0 Å². The Hall–Kier alpha value is -3.68. The maximum absolute atomic E-state index is 12.6. The van der Waals surface area contributed by atoms with Crippen molar-refractivity contribution in [2.45, 2.75) is 12.5 Å². The summed E-state index contributed by atoms with van der Waals surface area (Å²) in [5.74, 6) is 0.861. The summed E-state index contributed by atoms with van der Waals surface area (Å²) in [6.45, 7) is 1.55. The number of hydrogen-bond acceptors (Lipinski definition) is 5. The molecular weight excluding hydrogens is 354 g/mol. The number of amides is 1. The first-order valence-electron chi connectivity index (χ1n) is 9.22. The maximum Gasteiger partial charge on any atom is 0.291 e. The third-order valence-electron chi connectivity index (χ3n) is 4.97. The molecule has 1 N–H and O–H groups in total. The molecule has 4 heterocycles. The zero-order valence-corrected chi connectivity index (χ0v) is 15.1. The number of aromatic nitrogens is 5. The van der Waals surface area contributed by atoms with Crippen molar-refractivity contribution in [1.82, 2.24) is 29.5 Å². The first-order chi connectivity index (χ1) is 13.8. The van der Waals surface area contributed by atoms with E-state index in [4.69, 9.17) is 0 Å². The van der Waals surface area contributed by atoms with Gasteiger partial charge in [0.1, 0.15) is 6.33 Å². The van der Waals surface area contributed by atoms with E-state index in [-0.39, 0.29) is 17.8 Å². The number of fused-ring (bicyclic) bond motifs is 1. The summed E-state index contributed by atoms with van der Waals surface area (Å²) in [4.78, 5) is 23.5. The van der Waals surface area contributed by atoms with Crippen molar-refractivity contribution in [3.8, 4) is 5.69 Å². The highest BCUT2D eigenvalue weighted by molar-refractivity contribution is 5.90. The van der Waals surface area contributed by atoms with E-state index in [0.29, 0.717) is 6.54 Å². The number of anilines is 1. The van der Waals surface area contributed by atoms with Crippen LogP contribution in [0.15, 0.2) is 67.4 Å². The average Bonchev–Trinajstić information content (AvgIpc) is 3.48. The number of hydrogen-bond donors (Lipinski definition) is 1. The van der Waals surface area contributed by atoms with Gasteiger partial charge in [0, 0.05) is 37.7 Å². The van der Waals surface area contributed by atoms with Crippen LogP contribution in [0.4, 0.5) is 5.82 Å². The number of nitrogens with one attached hydrogen (secondary N) is 1. The fraction of sp³-hybridized carbons (Fsp3) is 0.200. The highest BCUT2D eigenvalue weighted by Crippen LogP contribution is 2.23. The minimum atomic E-state index is -0.254. The van der Waals surface area contributed by atoms with Crippen molar-refractivity contribution in [2.75, 3.05) is 18.0 Å². The van der Waals surface area contributed by atoms with Crippen molar-refractivity contribution in [1.29, 1.82) is 0 Å². The van der Waals surface area contributed by atoms with E-state index in [2.05, 4.69) is 25.3 Å². The predicted molar refractivity (Wildman–Crippen MR) is 105 cm³/mol. The van der Waals surface area contributed by atoms with Crippen molar-refractivity contribution < 1.29 is 4.79 Å². The standard InChI is InChI=1S/C20H19N7O/c28-20(18-22-14-27(24-18)16-5-2-1-3-6-16)23-15-8-11-26(13-15)19-17-7-4-10-25(17)12-9-21-19/h1-7,9-10,12,14-15H,8,11,13H2,(H,23,28)/t15-/m0/s1. The van der Waals surface area contributed by atoms with Crippen LogP contribution in [0.3, 0.4) is 0 Å². The summed E-state index contributed by atoms with van der Waals surface area (Å²) in [6, 6.07) is 13.7. The molecule has 4 aromatic rings. The highest BCUT2D eigenvalue weighted by Gasteiger charge is 2.27. The largest absolute Gasteiger partial charge is 0.353 e. The quantitative estimate of drug-likeness (QED) is 0.591. The summed E-state index contributed by atoms with van der Waals surface area (Å²) in [6.07, 6.45) is 8.15. The Balaban J connectivity index is 1.27. The van der Waals surface area contributed by atoms with Gasteiger partial charge in [-0.3, -0.25) is 4.79 Å². The fourth-order valence-corrected chi connectivity index (χ4v) is 3.59. The zero-order chi connectivity index (χ0) is 18.9. The SMILES string of the molecule is O=C(N[C@H]1CCN(c2nccn3cccc23)C1)c1ncn(-c2ccccc2)n1. The lowest BCUT2D eigenvalue weighted by Gasteiger charge is -2.18. The normalized spacial score (nSPS) is 16.6. The van der Waals surface area contributed by atoms with Crippen LogP contribution in [0.5, 0.6) is 0 Å². The topological polar surface area (TPSA) is 80.4 Å². The lowest BCUT2D eigenvalue weighted by Crippen LogP contribution is -2.37. The van der Waals surface area contributed by atoms with Gasteiger partial charge in [0.05, 0.1) is 11.2 Å². The van der Waals surface area contributed by atoms with Crippen LogP contribution >= 0.6 is 0 Å².